The van der Waals surface area contributed by atoms with Gasteiger partial charge in [-0.2, -0.15) is 0 Å². The number of halogens is 1. The van der Waals surface area contributed by atoms with E-state index in [0.717, 1.165) is 5.56 Å². The van der Waals surface area contributed by atoms with Gasteiger partial charge >= 0.3 is 0 Å². The van der Waals surface area contributed by atoms with E-state index in [2.05, 4.69) is 25.9 Å². The number of aromatic amines is 1. The lowest BCUT2D eigenvalue weighted by molar-refractivity contribution is 0.479. The number of phenols is 1. The number of aryl methyl sites for hydroxylation is 1. The van der Waals surface area contributed by atoms with Gasteiger partial charge in [-0.3, -0.25) is 4.79 Å². The van der Waals surface area contributed by atoms with Crippen molar-refractivity contribution in [1.29, 1.82) is 0 Å². The number of aromatic hydroxyl groups is 1. The highest BCUT2D eigenvalue weighted by Gasteiger charge is 2.10. The molecule has 0 saturated carbocycles. The third-order valence-electron chi connectivity index (χ3n) is 2.09. The van der Waals surface area contributed by atoms with E-state index >= 15 is 0 Å². The molecule has 72 valence electrons. The molecule has 1 heterocycles. The largest absolute Gasteiger partial charge is 0.506 e. The summed E-state index contributed by atoms with van der Waals surface area (Å²) >= 11 is 3.26. The summed E-state index contributed by atoms with van der Waals surface area (Å²) in [5, 5.41) is 9.97. The van der Waals surface area contributed by atoms with E-state index < -0.39 is 0 Å². The Morgan fingerprint density at radius 3 is 3.00 bits per heavy atom. The molecule has 4 nitrogen and oxygen atoms in total. The highest BCUT2D eigenvalue weighted by Crippen LogP contribution is 2.29. The SMILES string of the molecule is Cc1c(Br)cc(O)c2nc[nH]c(=O)c12. The maximum atomic E-state index is 11.5. The average molecular weight is 255 g/mol. The van der Waals surface area contributed by atoms with Gasteiger partial charge in [-0.25, -0.2) is 4.98 Å². The summed E-state index contributed by atoms with van der Waals surface area (Å²) in [4.78, 5) is 17.9. The van der Waals surface area contributed by atoms with Gasteiger partial charge < -0.3 is 10.1 Å². The van der Waals surface area contributed by atoms with Crippen molar-refractivity contribution in [2.45, 2.75) is 6.92 Å². The predicted molar refractivity (Wildman–Crippen MR) is 56.5 cm³/mol. The van der Waals surface area contributed by atoms with E-state index in [-0.39, 0.29) is 11.3 Å². The molecule has 0 saturated heterocycles. The standard InChI is InChI=1S/C9H7BrN2O2/c1-4-5(10)2-6(13)8-7(4)9(14)12-3-11-8/h2-3,13H,1H3,(H,11,12,14). The van der Waals surface area contributed by atoms with Gasteiger partial charge in [0.2, 0.25) is 0 Å². The first-order chi connectivity index (χ1) is 6.61. The Labute approximate surface area is 87.7 Å². The van der Waals surface area contributed by atoms with Crippen LogP contribution in [-0.4, -0.2) is 15.1 Å². The minimum Gasteiger partial charge on any atom is -0.506 e. The minimum atomic E-state index is -0.246. The van der Waals surface area contributed by atoms with E-state index in [1.807, 2.05) is 0 Å². The van der Waals surface area contributed by atoms with Crippen LogP contribution >= 0.6 is 15.9 Å². The topological polar surface area (TPSA) is 66.0 Å². The Bertz CT molecular complexity index is 562. The molecule has 1 aromatic heterocycles. The molecule has 0 aliphatic heterocycles. The zero-order chi connectivity index (χ0) is 10.3. The van der Waals surface area contributed by atoms with Gasteiger partial charge in [0.05, 0.1) is 11.7 Å². The molecule has 0 aliphatic carbocycles. The number of fused-ring (bicyclic) bond motifs is 1. The maximum Gasteiger partial charge on any atom is 0.259 e. The van der Waals surface area contributed by atoms with E-state index in [4.69, 9.17) is 0 Å². The predicted octanol–water partition coefficient (Wildman–Crippen LogP) is 1.70. The smallest absolute Gasteiger partial charge is 0.259 e. The Balaban J connectivity index is 3.11. The molecule has 0 atom stereocenters. The van der Waals surface area contributed by atoms with Crippen molar-refractivity contribution < 1.29 is 5.11 Å². The Morgan fingerprint density at radius 1 is 1.57 bits per heavy atom. The molecule has 5 heteroatoms. The van der Waals surface area contributed by atoms with Crippen LogP contribution in [0.5, 0.6) is 5.75 Å². The fourth-order valence-corrected chi connectivity index (χ4v) is 1.77. The van der Waals surface area contributed by atoms with Crippen LogP contribution in [0.2, 0.25) is 0 Å². The zero-order valence-corrected chi connectivity index (χ0v) is 8.92. The monoisotopic (exact) mass is 254 g/mol. The van der Waals surface area contributed by atoms with Crippen LogP contribution in [-0.2, 0) is 0 Å². The van der Waals surface area contributed by atoms with Crippen molar-refractivity contribution in [2.75, 3.05) is 0 Å². The Hall–Kier alpha value is -1.36. The van der Waals surface area contributed by atoms with Crippen LogP contribution in [0.4, 0.5) is 0 Å². The second kappa shape index (κ2) is 3.09. The van der Waals surface area contributed by atoms with Crippen LogP contribution in [0, 0.1) is 6.92 Å². The molecule has 0 spiro atoms. The van der Waals surface area contributed by atoms with Crippen molar-refractivity contribution in [3.05, 3.63) is 32.8 Å². The number of hydrogen-bond donors (Lipinski definition) is 2. The molecule has 0 bridgehead atoms. The molecule has 0 radical (unpaired) electrons. The average Bonchev–Trinajstić information content (AvgIpc) is 2.14. The number of H-pyrrole nitrogens is 1. The van der Waals surface area contributed by atoms with E-state index in [1.54, 1.807) is 6.92 Å². The van der Waals surface area contributed by atoms with Crippen molar-refractivity contribution in [3.63, 3.8) is 0 Å². The number of aromatic nitrogens is 2. The van der Waals surface area contributed by atoms with Gasteiger partial charge in [0.25, 0.3) is 5.56 Å². The molecule has 2 N–H and O–H groups in total. The molecule has 2 aromatic rings. The zero-order valence-electron chi connectivity index (χ0n) is 7.34. The second-order valence-electron chi connectivity index (χ2n) is 2.96. The lowest BCUT2D eigenvalue weighted by Crippen LogP contribution is -2.08. The van der Waals surface area contributed by atoms with Crippen molar-refractivity contribution in [2.24, 2.45) is 0 Å². The van der Waals surface area contributed by atoms with Crippen LogP contribution in [0.25, 0.3) is 10.9 Å². The number of hydrogen-bond acceptors (Lipinski definition) is 3. The summed E-state index contributed by atoms with van der Waals surface area (Å²) in [6, 6.07) is 1.53. The van der Waals surface area contributed by atoms with Crippen LogP contribution < -0.4 is 5.56 Å². The Morgan fingerprint density at radius 2 is 2.29 bits per heavy atom. The van der Waals surface area contributed by atoms with Gasteiger partial charge in [-0.1, -0.05) is 15.9 Å². The van der Waals surface area contributed by atoms with Crippen LogP contribution in [0.3, 0.4) is 0 Å². The molecule has 0 aliphatic rings. The molecule has 0 fully saturated rings. The second-order valence-corrected chi connectivity index (χ2v) is 3.81. The lowest BCUT2D eigenvalue weighted by Gasteiger charge is -2.04. The Kier molecular flexibility index (Phi) is 2.03. The molecule has 0 amide bonds. The van der Waals surface area contributed by atoms with Crippen LogP contribution in [0.15, 0.2) is 21.7 Å². The first-order valence-corrected chi connectivity index (χ1v) is 4.76. The number of phenolic OH excluding ortho intramolecular Hbond substituents is 1. The first-order valence-electron chi connectivity index (χ1n) is 3.96. The van der Waals surface area contributed by atoms with Crippen molar-refractivity contribution in [3.8, 4) is 5.75 Å². The van der Waals surface area contributed by atoms with Crippen molar-refractivity contribution in [1.82, 2.24) is 9.97 Å². The molecule has 0 unspecified atom stereocenters. The summed E-state index contributed by atoms with van der Waals surface area (Å²) in [5.41, 5.74) is 0.853. The van der Waals surface area contributed by atoms with Crippen LogP contribution in [0.1, 0.15) is 5.56 Å². The number of nitrogens with one attached hydrogen (secondary N) is 1. The van der Waals surface area contributed by atoms with Gasteiger partial charge in [0.15, 0.2) is 0 Å². The van der Waals surface area contributed by atoms with Gasteiger partial charge in [0, 0.05) is 4.47 Å². The summed E-state index contributed by atoms with van der Waals surface area (Å²) in [7, 11) is 0. The lowest BCUT2D eigenvalue weighted by atomic mass is 10.1. The fourth-order valence-electron chi connectivity index (χ4n) is 1.36. The number of benzene rings is 1. The highest BCUT2D eigenvalue weighted by molar-refractivity contribution is 9.10. The molecule has 2 rings (SSSR count). The summed E-state index contributed by atoms with van der Waals surface area (Å²) in [5.74, 6) is 0.00331. The fraction of sp³-hybridized carbons (Fsp3) is 0.111. The van der Waals surface area contributed by atoms with E-state index in [9.17, 15) is 9.90 Å². The summed E-state index contributed by atoms with van der Waals surface area (Å²) in [6.07, 6.45) is 1.28. The van der Waals surface area contributed by atoms with Crippen molar-refractivity contribution >= 4 is 26.8 Å². The molecule has 14 heavy (non-hydrogen) atoms. The molecular weight excluding hydrogens is 248 g/mol. The third kappa shape index (κ3) is 1.21. The van der Waals surface area contributed by atoms with E-state index in [1.165, 1.54) is 12.4 Å². The normalized spacial score (nSPS) is 10.7. The maximum absolute atomic E-state index is 11.5. The quantitative estimate of drug-likeness (QED) is 0.752. The molecule has 1 aromatic carbocycles. The molecular formula is C9H7BrN2O2. The summed E-state index contributed by atoms with van der Waals surface area (Å²) in [6.45, 7) is 1.79. The number of nitrogens with zero attached hydrogens (tertiary/aromatic N) is 1. The highest BCUT2D eigenvalue weighted by atomic mass is 79.9. The van der Waals surface area contributed by atoms with E-state index in [0.29, 0.717) is 15.4 Å². The van der Waals surface area contributed by atoms with Gasteiger partial charge in [-0.15, -0.1) is 0 Å². The van der Waals surface area contributed by atoms with Gasteiger partial charge in [0.1, 0.15) is 11.3 Å². The third-order valence-corrected chi connectivity index (χ3v) is 2.92. The number of rotatable bonds is 0. The summed E-state index contributed by atoms with van der Waals surface area (Å²) < 4.78 is 0.695. The first kappa shape index (κ1) is 9.21. The minimum absolute atomic E-state index is 0.00331. The van der Waals surface area contributed by atoms with Gasteiger partial charge in [-0.05, 0) is 18.6 Å².